The number of piperidine rings is 1. The van der Waals surface area contributed by atoms with Crippen LogP contribution in [0.1, 0.15) is 57.8 Å². The number of likely N-dealkylation sites (tertiary alicyclic amines) is 1. The first-order chi connectivity index (χ1) is 10.6. The van der Waals surface area contributed by atoms with Crippen molar-refractivity contribution in [2.45, 2.75) is 57.8 Å². The summed E-state index contributed by atoms with van der Waals surface area (Å²) < 4.78 is 0. The van der Waals surface area contributed by atoms with Crippen molar-refractivity contribution in [1.82, 2.24) is 10.2 Å². The first-order valence-electron chi connectivity index (χ1n) is 9.21. The summed E-state index contributed by atoms with van der Waals surface area (Å²) in [7, 11) is 0. The molecule has 0 unspecified atom stereocenters. The molecule has 4 aliphatic carbocycles. The summed E-state index contributed by atoms with van der Waals surface area (Å²) in [6.07, 6.45) is 10.7. The van der Waals surface area contributed by atoms with Crippen molar-refractivity contribution >= 4 is 11.8 Å². The molecular formula is C18H28N2O2. The van der Waals surface area contributed by atoms with E-state index in [1.54, 1.807) is 0 Å². The van der Waals surface area contributed by atoms with Gasteiger partial charge in [-0.1, -0.05) is 0 Å². The normalized spacial score (nSPS) is 39.8. The van der Waals surface area contributed by atoms with Gasteiger partial charge in [0.2, 0.25) is 11.8 Å². The van der Waals surface area contributed by atoms with E-state index < -0.39 is 0 Å². The zero-order valence-electron chi connectivity index (χ0n) is 13.5. The molecule has 0 aromatic carbocycles. The highest BCUT2D eigenvalue weighted by Gasteiger charge is 2.54. The van der Waals surface area contributed by atoms with Gasteiger partial charge < -0.3 is 10.2 Å². The summed E-state index contributed by atoms with van der Waals surface area (Å²) in [5.74, 6) is 2.61. The maximum atomic E-state index is 12.8. The predicted molar refractivity (Wildman–Crippen MR) is 84.0 cm³/mol. The van der Waals surface area contributed by atoms with Gasteiger partial charge in [-0.25, -0.2) is 0 Å². The lowest BCUT2D eigenvalue weighted by molar-refractivity contribution is -0.148. The molecular weight excluding hydrogens is 276 g/mol. The topological polar surface area (TPSA) is 49.4 Å². The van der Waals surface area contributed by atoms with Crippen molar-refractivity contribution in [3.8, 4) is 0 Å². The minimum Gasteiger partial charge on any atom is -0.347 e. The summed E-state index contributed by atoms with van der Waals surface area (Å²) in [5, 5.41) is 3.01. The van der Waals surface area contributed by atoms with E-state index >= 15 is 0 Å². The third-order valence-electron chi connectivity index (χ3n) is 6.63. The maximum Gasteiger partial charge on any atom is 0.241 e. The fourth-order valence-corrected chi connectivity index (χ4v) is 5.99. The lowest BCUT2D eigenvalue weighted by Gasteiger charge is -2.55. The lowest BCUT2D eigenvalue weighted by atomic mass is 9.49. The number of nitrogens with one attached hydrogen (secondary N) is 1. The molecule has 0 spiro atoms. The molecule has 0 atom stereocenters. The van der Waals surface area contributed by atoms with Gasteiger partial charge in [0.25, 0.3) is 0 Å². The Balaban J connectivity index is 1.35. The van der Waals surface area contributed by atoms with E-state index in [9.17, 15) is 9.59 Å². The molecule has 0 aromatic heterocycles. The summed E-state index contributed by atoms with van der Waals surface area (Å²) in [4.78, 5) is 27.0. The Morgan fingerprint density at radius 3 is 2.00 bits per heavy atom. The molecule has 2 amide bonds. The van der Waals surface area contributed by atoms with Crippen molar-refractivity contribution in [2.24, 2.45) is 23.2 Å². The van der Waals surface area contributed by atoms with Gasteiger partial charge in [-0.3, -0.25) is 9.59 Å². The number of nitrogens with zero attached hydrogens (tertiary/aromatic N) is 1. The number of carbonyl (C=O) groups excluding carboxylic acids is 2. The van der Waals surface area contributed by atoms with E-state index in [0.717, 1.165) is 62.9 Å². The molecule has 4 nitrogen and oxygen atoms in total. The molecule has 1 saturated heterocycles. The van der Waals surface area contributed by atoms with Gasteiger partial charge in [-0.15, -0.1) is 0 Å². The highest BCUT2D eigenvalue weighted by molar-refractivity contribution is 5.88. The smallest absolute Gasteiger partial charge is 0.241 e. The number of amides is 2. The Bertz CT molecular complexity index is 432. The molecule has 1 heterocycles. The van der Waals surface area contributed by atoms with E-state index in [2.05, 4.69) is 5.32 Å². The molecule has 0 radical (unpaired) electrons. The second-order valence-corrected chi connectivity index (χ2v) is 8.32. The van der Waals surface area contributed by atoms with Crippen LogP contribution in [0.5, 0.6) is 0 Å². The second kappa shape index (κ2) is 5.54. The van der Waals surface area contributed by atoms with Crippen LogP contribution in [0.4, 0.5) is 0 Å². The Morgan fingerprint density at radius 2 is 1.45 bits per heavy atom. The zero-order chi connectivity index (χ0) is 15.2. The quantitative estimate of drug-likeness (QED) is 0.870. The Kier molecular flexibility index (Phi) is 3.66. The zero-order valence-corrected chi connectivity index (χ0v) is 13.5. The van der Waals surface area contributed by atoms with E-state index in [1.165, 1.54) is 25.7 Å². The van der Waals surface area contributed by atoms with Crippen molar-refractivity contribution in [2.75, 3.05) is 19.6 Å². The Labute approximate surface area is 133 Å². The summed E-state index contributed by atoms with van der Waals surface area (Å²) in [6.45, 7) is 1.94. The van der Waals surface area contributed by atoms with E-state index in [1.807, 2.05) is 4.90 Å². The van der Waals surface area contributed by atoms with E-state index in [4.69, 9.17) is 0 Å². The maximum absolute atomic E-state index is 12.8. The van der Waals surface area contributed by atoms with Crippen LogP contribution in [-0.2, 0) is 9.59 Å². The molecule has 4 bridgehead atoms. The first kappa shape index (κ1) is 14.5. The van der Waals surface area contributed by atoms with Crippen molar-refractivity contribution < 1.29 is 9.59 Å². The number of carbonyl (C=O) groups is 2. The fraction of sp³-hybridized carbons (Fsp3) is 0.889. The van der Waals surface area contributed by atoms with Crippen LogP contribution >= 0.6 is 0 Å². The van der Waals surface area contributed by atoms with Gasteiger partial charge in [-0.05, 0) is 75.5 Å². The molecule has 22 heavy (non-hydrogen) atoms. The molecule has 1 aliphatic heterocycles. The molecule has 5 rings (SSSR count). The van der Waals surface area contributed by atoms with Gasteiger partial charge in [-0.2, -0.15) is 0 Å². The minimum absolute atomic E-state index is 0.109. The van der Waals surface area contributed by atoms with Gasteiger partial charge in [0.15, 0.2) is 0 Å². The molecule has 4 saturated carbocycles. The van der Waals surface area contributed by atoms with E-state index in [0.29, 0.717) is 0 Å². The van der Waals surface area contributed by atoms with Crippen LogP contribution in [0.2, 0.25) is 0 Å². The number of rotatable bonds is 3. The molecule has 5 aliphatic rings. The summed E-state index contributed by atoms with van der Waals surface area (Å²) in [6, 6.07) is 0. The standard InChI is InChI=1S/C18H28N2O2/c21-16(20-4-2-1-3-5-20)12-19-17(22)18-9-13-6-14(10-18)8-15(7-13)11-18/h13-15H,1-12H2,(H,19,22). The molecule has 4 heteroatoms. The molecule has 0 aromatic rings. The SMILES string of the molecule is O=C(CNC(=O)C12CC3CC(CC(C3)C1)C2)N1CCCCC1. The van der Waals surface area contributed by atoms with Crippen LogP contribution in [0.25, 0.3) is 0 Å². The molecule has 122 valence electrons. The first-order valence-corrected chi connectivity index (χ1v) is 9.21. The van der Waals surface area contributed by atoms with Crippen molar-refractivity contribution in [3.63, 3.8) is 0 Å². The third kappa shape index (κ3) is 2.55. The van der Waals surface area contributed by atoms with Crippen LogP contribution in [-0.4, -0.2) is 36.3 Å². The van der Waals surface area contributed by atoms with Crippen LogP contribution in [0, 0.1) is 23.2 Å². The van der Waals surface area contributed by atoms with Gasteiger partial charge in [0.05, 0.1) is 6.54 Å². The highest BCUT2D eigenvalue weighted by Crippen LogP contribution is 2.60. The average molecular weight is 304 g/mol. The highest BCUT2D eigenvalue weighted by atomic mass is 16.2. The van der Waals surface area contributed by atoms with Crippen LogP contribution in [0.3, 0.4) is 0 Å². The second-order valence-electron chi connectivity index (χ2n) is 8.32. The van der Waals surface area contributed by atoms with Crippen LogP contribution < -0.4 is 5.32 Å². The average Bonchev–Trinajstić information content (AvgIpc) is 2.51. The monoisotopic (exact) mass is 304 g/mol. The van der Waals surface area contributed by atoms with Crippen molar-refractivity contribution in [3.05, 3.63) is 0 Å². The number of hydrogen-bond acceptors (Lipinski definition) is 2. The predicted octanol–water partition coefficient (Wildman–Crippen LogP) is 2.33. The summed E-state index contributed by atoms with van der Waals surface area (Å²) >= 11 is 0. The van der Waals surface area contributed by atoms with Crippen molar-refractivity contribution in [1.29, 1.82) is 0 Å². The van der Waals surface area contributed by atoms with Gasteiger partial charge >= 0.3 is 0 Å². The Morgan fingerprint density at radius 1 is 0.909 bits per heavy atom. The van der Waals surface area contributed by atoms with Crippen LogP contribution in [0.15, 0.2) is 0 Å². The number of hydrogen-bond donors (Lipinski definition) is 1. The van der Waals surface area contributed by atoms with Gasteiger partial charge in [0, 0.05) is 18.5 Å². The minimum atomic E-state index is -0.128. The molecule has 5 fully saturated rings. The Hall–Kier alpha value is -1.06. The fourth-order valence-electron chi connectivity index (χ4n) is 5.99. The summed E-state index contributed by atoms with van der Waals surface area (Å²) in [5.41, 5.74) is -0.128. The van der Waals surface area contributed by atoms with Gasteiger partial charge in [0.1, 0.15) is 0 Å². The third-order valence-corrected chi connectivity index (χ3v) is 6.63. The lowest BCUT2D eigenvalue weighted by Crippen LogP contribution is -2.55. The molecule has 1 N–H and O–H groups in total. The largest absolute Gasteiger partial charge is 0.347 e. The van der Waals surface area contributed by atoms with E-state index in [-0.39, 0.29) is 23.8 Å².